The predicted molar refractivity (Wildman–Crippen MR) is 38.5 cm³/mol. The average molecular weight is 936 g/mol. The van der Waals surface area contributed by atoms with Crippen LogP contribution in [0, 0.1) is 147 Å². The maximum Gasteiger partial charge on any atom is -0.426 e. The van der Waals surface area contributed by atoms with E-state index >= 15 is 0 Å². The molecule has 0 aliphatic carbocycles. The molecule has 0 bridgehead atoms. The van der Waals surface area contributed by atoms with E-state index in [1.165, 1.54) is 147 Å². The smallest absolute Gasteiger partial charge is 0.426 e. The first kappa shape index (κ1) is 40.6. The molecule has 0 aromatic carbocycles. The fourth-order valence-electron chi connectivity index (χ4n) is 0. The summed E-state index contributed by atoms with van der Waals surface area (Å²) in [5.41, 5.74) is 0. The van der Waals surface area contributed by atoms with Crippen LogP contribution in [0.5, 0.6) is 0 Å². The third-order valence-corrected chi connectivity index (χ3v) is 0. The normalized spacial score (nSPS) is 7.82. The van der Waals surface area contributed by atoms with E-state index in [9.17, 15) is 0 Å². The van der Waals surface area contributed by atoms with Crippen LogP contribution in [0.4, 0.5) is 0 Å². The Kier molecular flexibility index (Phi) is 66.3. The zero-order chi connectivity index (χ0) is 19.8. The maximum atomic E-state index is 8.81. The third-order valence-electron chi connectivity index (χ3n) is 0. The first-order valence-electron chi connectivity index (χ1n) is 3.35. The van der Waals surface area contributed by atoms with Gasteiger partial charge in [0.05, 0.1) is 0 Å². The fraction of sp³-hybridized carbons (Fsp3) is 0. The summed E-state index contributed by atoms with van der Waals surface area (Å²) >= 11 is 5.78. The van der Waals surface area contributed by atoms with Crippen molar-refractivity contribution in [3.05, 3.63) is 0 Å². The zero-order valence-electron chi connectivity index (χ0n) is 9.54. The van der Waals surface area contributed by atoms with Crippen LogP contribution >= 0.6 is 0 Å². The van der Waals surface area contributed by atoms with Crippen molar-refractivity contribution in [3.63, 3.8) is 0 Å². The second-order valence-electron chi connectivity index (χ2n) is 1.31. The van der Waals surface area contributed by atoms with E-state index in [-0.39, 0.29) is 0 Å². The van der Waals surface area contributed by atoms with Gasteiger partial charge < -0.3 is 56.5 Å². The Morgan fingerprint density at radius 1 is 0.455 bits per heavy atom. The molecular weight excluding hydrogens is 932 g/mol. The molecule has 12 nitrogen and oxygen atoms in total. The molecule has 0 aliphatic heterocycles. The van der Waals surface area contributed by atoms with Crippen LogP contribution in [0.15, 0.2) is 0 Å². The molecule has 0 spiro atoms. The van der Waals surface area contributed by atoms with Crippen molar-refractivity contribution in [3.8, 4) is 0 Å². The zero-order valence-corrected chi connectivity index (χ0v) is 20.1. The molecule has 18 heteroatoms. The van der Waals surface area contributed by atoms with Gasteiger partial charge >= 0.3 is 175 Å². The standard InChI is InChI=1S/4CHO.2O4Si.4Tb/c4*1-2;2*1-5(2,3)4;;;;/h4*1H;;;;;;/q;;;;2*-4;4*+2. The molecule has 136 valence electrons. The van der Waals surface area contributed by atoms with Crippen LogP contribution in [-0.2, 0) is 19.2 Å². The third kappa shape index (κ3) is 813. The van der Waals surface area contributed by atoms with Crippen molar-refractivity contribution in [2.75, 3.05) is 0 Å². The molecule has 0 N–H and O–H groups in total. The molecule has 0 radical (unpaired) electrons. The van der Waals surface area contributed by atoms with E-state index in [1.807, 2.05) is 0 Å². The summed E-state index contributed by atoms with van der Waals surface area (Å²) in [5, 5.41) is 0. The molecule has 0 atom stereocenters. The molecule has 0 aliphatic rings. The summed E-state index contributed by atoms with van der Waals surface area (Å²) in [4.78, 5) is 104. The van der Waals surface area contributed by atoms with Gasteiger partial charge in [0.1, 0.15) is 0 Å². The van der Waals surface area contributed by atoms with E-state index in [2.05, 4.69) is 0 Å². The van der Waals surface area contributed by atoms with Crippen molar-refractivity contribution < 1.29 is 204 Å². The van der Waals surface area contributed by atoms with E-state index in [0.29, 0.717) is 0 Å². The van der Waals surface area contributed by atoms with Gasteiger partial charge in [0, 0.05) is 0 Å². The molecule has 22 heavy (non-hydrogen) atoms. The number of carbonyl (C=O) groups excluding carboxylic acids is 4. The molecular formula is C4H4O12Si2Tb4. The Morgan fingerprint density at radius 3 is 0.455 bits per heavy atom. The van der Waals surface area contributed by atoms with Crippen LogP contribution < -0.4 is 38.4 Å². The number of carbonyl (C=O) groups is 4. The Hall–Kier alpha value is 3.94. The van der Waals surface area contributed by atoms with Crippen LogP contribution in [-0.4, -0.2) is 27.1 Å². The Labute approximate surface area is 225 Å². The second kappa shape index (κ2) is 35.9. The predicted octanol–water partition coefficient (Wildman–Crippen LogP) is -11.4. The van der Waals surface area contributed by atoms with Gasteiger partial charge in [-0.1, -0.05) is 0 Å². The summed E-state index contributed by atoms with van der Waals surface area (Å²) in [6.45, 7) is 0. The minimum absolute atomic E-state index is 0.750. The van der Waals surface area contributed by atoms with Crippen molar-refractivity contribution in [2.24, 2.45) is 0 Å². The SMILES string of the molecule is O=[CH][Tb+2].O=[CH][Tb+2].O=[CH][Tb+2].O=[CH][Tb+2].[O-][Si]([O-])([O-])[O-].[O-][Si]([O-])([O-])[O-]. The largest absolute Gasteiger partial charge is 0.894 e. The number of rotatable bonds is 0. The molecule has 0 saturated carbocycles. The fourth-order valence-corrected chi connectivity index (χ4v) is 0. The van der Waals surface area contributed by atoms with Crippen LogP contribution in [0.1, 0.15) is 0 Å². The van der Waals surface area contributed by atoms with E-state index in [0.717, 1.165) is 9.03 Å². The van der Waals surface area contributed by atoms with Gasteiger partial charge in [0.25, 0.3) is 0 Å². The van der Waals surface area contributed by atoms with Gasteiger partial charge in [-0.2, -0.15) is 0 Å². The number of hydrogen-bond donors (Lipinski definition) is 0. The molecule has 0 saturated heterocycles. The van der Waals surface area contributed by atoms with Gasteiger partial charge in [-0.05, 0) is 0 Å². The van der Waals surface area contributed by atoms with E-state index < -0.39 is 18.1 Å². The van der Waals surface area contributed by atoms with Crippen molar-refractivity contribution >= 4 is 27.1 Å². The maximum absolute atomic E-state index is 8.81. The minimum Gasteiger partial charge on any atom is -0.894 e. The molecule has 0 unspecified atom stereocenters. The first-order valence-corrected chi connectivity index (χ1v) is 11.6. The molecule has 0 heterocycles. The minimum atomic E-state index is -5.61. The van der Waals surface area contributed by atoms with Gasteiger partial charge in [0.15, 0.2) is 0 Å². The van der Waals surface area contributed by atoms with Gasteiger partial charge in [-0.25, -0.2) is 0 Å². The van der Waals surface area contributed by atoms with E-state index in [4.69, 9.17) is 57.5 Å². The van der Waals surface area contributed by atoms with Crippen LogP contribution in [0.2, 0.25) is 0 Å². The molecule has 0 aromatic rings. The summed E-state index contributed by atoms with van der Waals surface area (Å²) < 4.78 is 3.00. The van der Waals surface area contributed by atoms with Crippen molar-refractivity contribution in [1.29, 1.82) is 0 Å². The molecule has 0 aromatic heterocycles. The number of hydrogen-bond acceptors (Lipinski definition) is 12. The van der Waals surface area contributed by atoms with Crippen molar-refractivity contribution in [2.45, 2.75) is 0 Å². The monoisotopic (exact) mass is 936 g/mol. The van der Waals surface area contributed by atoms with Crippen LogP contribution in [0.25, 0.3) is 0 Å². The summed E-state index contributed by atoms with van der Waals surface area (Å²) in [6.07, 6.45) is 0. The van der Waals surface area contributed by atoms with Crippen LogP contribution in [0.3, 0.4) is 0 Å². The van der Waals surface area contributed by atoms with Gasteiger partial charge in [-0.15, -0.1) is 0 Å². The quantitative estimate of drug-likeness (QED) is 0.162. The first-order chi connectivity index (χ1) is 9.66. The Balaban J connectivity index is -0.0000000357. The summed E-state index contributed by atoms with van der Waals surface area (Å²) in [5.74, 6) is 0. The topological polar surface area (TPSA) is 253 Å². The Bertz CT molecular complexity index is 182. The van der Waals surface area contributed by atoms with Gasteiger partial charge in [-0.3, -0.25) is 0 Å². The summed E-state index contributed by atoms with van der Waals surface area (Å²) in [7, 11) is -11.2. The summed E-state index contributed by atoms with van der Waals surface area (Å²) in [6, 6.07) is 0. The molecule has 0 fully saturated rings. The van der Waals surface area contributed by atoms with Crippen molar-refractivity contribution in [1.82, 2.24) is 0 Å². The molecule has 0 amide bonds. The molecule has 0 rings (SSSR count). The average Bonchev–Trinajstić information content (AvgIpc) is 2.15. The Morgan fingerprint density at radius 2 is 0.455 bits per heavy atom. The van der Waals surface area contributed by atoms with Gasteiger partial charge in [0.2, 0.25) is 0 Å². The second-order valence-corrected chi connectivity index (χ2v) is 5.33. The van der Waals surface area contributed by atoms with E-state index in [1.54, 1.807) is 0 Å².